The fourth-order valence-electron chi connectivity index (χ4n) is 8.07. The van der Waals surface area contributed by atoms with Crippen molar-refractivity contribution < 1.29 is 4.42 Å². The van der Waals surface area contributed by atoms with Gasteiger partial charge in [0.2, 0.25) is 0 Å². The van der Waals surface area contributed by atoms with E-state index in [1.54, 1.807) is 0 Å². The van der Waals surface area contributed by atoms with Crippen LogP contribution < -0.4 is 0 Å². The van der Waals surface area contributed by atoms with Gasteiger partial charge in [-0.25, -0.2) is 4.98 Å². The van der Waals surface area contributed by atoms with E-state index >= 15 is 0 Å². The van der Waals surface area contributed by atoms with Crippen LogP contribution in [-0.4, -0.2) is 14.1 Å². The van der Waals surface area contributed by atoms with Gasteiger partial charge in [0.1, 0.15) is 17.0 Å². The van der Waals surface area contributed by atoms with Gasteiger partial charge in [-0.1, -0.05) is 103 Å². The Labute approximate surface area is 305 Å². The van der Waals surface area contributed by atoms with Gasteiger partial charge in [-0.2, -0.15) is 0 Å². The molecular weight excluding hydrogens is 647 g/mol. The molecule has 0 saturated heterocycles. The summed E-state index contributed by atoms with van der Waals surface area (Å²) in [6, 6.07) is 66.6. The molecule has 0 aliphatic carbocycles. The Morgan fingerprint density at radius 1 is 0.377 bits per heavy atom. The fourth-order valence-corrected chi connectivity index (χ4v) is 8.07. The molecule has 0 atom stereocenters. The van der Waals surface area contributed by atoms with Gasteiger partial charge in [-0.3, -0.25) is 4.57 Å². The molecule has 0 radical (unpaired) electrons. The normalized spacial score (nSPS) is 11.8. The van der Waals surface area contributed by atoms with Crippen LogP contribution in [0.1, 0.15) is 0 Å². The van der Waals surface area contributed by atoms with Crippen LogP contribution in [0.4, 0.5) is 0 Å². The number of aromatic nitrogens is 3. The van der Waals surface area contributed by atoms with Gasteiger partial charge in [-0.05, 0) is 107 Å². The predicted octanol–water partition coefficient (Wildman–Crippen LogP) is 13.0. The first-order valence-corrected chi connectivity index (χ1v) is 18.0. The van der Waals surface area contributed by atoms with Gasteiger partial charge in [0.25, 0.3) is 0 Å². The molecule has 0 fully saturated rings. The maximum atomic E-state index is 6.57. The zero-order valence-corrected chi connectivity index (χ0v) is 28.6. The first-order valence-electron chi connectivity index (χ1n) is 18.0. The molecular formula is C49H31N3O. The Morgan fingerprint density at radius 3 is 1.70 bits per heavy atom. The van der Waals surface area contributed by atoms with Gasteiger partial charge in [0, 0.05) is 33.1 Å². The summed E-state index contributed by atoms with van der Waals surface area (Å²) in [6.45, 7) is 0. The van der Waals surface area contributed by atoms with Gasteiger partial charge >= 0.3 is 0 Å². The van der Waals surface area contributed by atoms with Crippen molar-refractivity contribution in [3.05, 3.63) is 188 Å². The minimum atomic E-state index is 0.873. The predicted molar refractivity (Wildman–Crippen MR) is 219 cm³/mol. The molecule has 8 aromatic carbocycles. The van der Waals surface area contributed by atoms with E-state index in [1.807, 2.05) is 12.1 Å². The quantitative estimate of drug-likeness (QED) is 0.182. The number of benzene rings is 8. The van der Waals surface area contributed by atoms with Crippen molar-refractivity contribution in [3.63, 3.8) is 0 Å². The minimum Gasteiger partial charge on any atom is -0.456 e. The van der Waals surface area contributed by atoms with Gasteiger partial charge < -0.3 is 8.98 Å². The summed E-state index contributed by atoms with van der Waals surface area (Å²) in [5.41, 5.74) is 14.0. The Bertz CT molecular complexity index is 3130. The van der Waals surface area contributed by atoms with Crippen molar-refractivity contribution >= 4 is 54.8 Å². The lowest BCUT2D eigenvalue weighted by Gasteiger charge is -2.12. The molecule has 0 bridgehead atoms. The summed E-state index contributed by atoms with van der Waals surface area (Å²) in [4.78, 5) is 5.14. The monoisotopic (exact) mass is 677 g/mol. The van der Waals surface area contributed by atoms with Crippen LogP contribution in [0, 0.1) is 0 Å². The van der Waals surface area contributed by atoms with Crippen LogP contribution in [0.15, 0.2) is 192 Å². The molecule has 0 unspecified atom stereocenters. The minimum absolute atomic E-state index is 0.873. The van der Waals surface area contributed by atoms with Crippen molar-refractivity contribution in [2.24, 2.45) is 0 Å². The van der Waals surface area contributed by atoms with Crippen molar-refractivity contribution in [1.29, 1.82) is 0 Å². The highest BCUT2D eigenvalue weighted by Gasteiger charge is 2.21. The molecule has 11 aromatic rings. The van der Waals surface area contributed by atoms with Crippen LogP contribution in [0.2, 0.25) is 0 Å². The number of furan rings is 1. The largest absolute Gasteiger partial charge is 0.456 e. The molecule has 11 rings (SSSR count). The molecule has 53 heavy (non-hydrogen) atoms. The van der Waals surface area contributed by atoms with E-state index in [4.69, 9.17) is 9.40 Å². The number of hydrogen-bond donors (Lipinski definition) is 0. The van der Waals surface area contributed by atoms with Gasteiger partial charge in [0.05, 0.1) is 27.5 Å². The third-order valence-corrected chi connectivity index (χ3v) is 10.5. The number of para-hydroxylation sites is 3. The highest BCUT2D eigenvalue weighted by molar-refractivity contribution is 6.25. The van der Waals surface area contributed by atoms with Crippen LogP contribution in [0.5, 0.6) is 0 Å². The second kappa shape index (κ2) is 11.7. The van der Waals surface area contributed by atoms with E-state index in [1.165, 1.54) is 27.5 Å². The van der Waals surface area contributed by atoms with E-state index in [0.29, 0.717) is 0 Å². The Morgan fingerprint density at radius 2 is 0.962 bits per heavy atom. The van der Waals surface area contributed by atoms with E-state index in [0.717, 1.165) is 72.3 Å². The molecule has 0 N–H and O–H groups in total. The second-order valence-corrected chi connectivity index (χ2v) is 13.6. The molecule has 4 nitrogen and oxygen atoms in total. The summed E-state index contributed by atoms with van der Waals surface area (Å²) in [7, 11) is 0. The first-order chi connectivity index (χ1) is 26.3. The number of fused-ring (bicyclic) bond motifs is 8. The van der Waals surface area contributed by atoms with Gasteiger partial charge in [-0.15, -0.1) is 0 Å². The standard InChI is InChI=1S/C49H31N3O/c1-4-12-32(13-5-1)35-22-27-43-40(30-35)39-26-29-46-47(41-31-36(23-28-45(41)53-46)33-14-6-2-7-15-33)48(39)51(43)38-24-20-34(21-25-38)49-50-42-18-10-11-19-44(42)52(49)37-16-8-3-9-17-37/h1-31H. The topological polar surface area (TPSA) is 35.9 Å². The second-order valence-electron chi connectivity index (χ2n) is 13.6. The lowest BCUT2D eigenvalue weighted by Crippen LogP contribution is -1.98. The SMILES string of the molecule is c1ccc(-c2ccc3oc4ccc5c6cc(-c7ccccc7)ccc6n(-c6ccc(-c7nc8ccccc8n7-c7ccccc7)cc6)c5c4c3c2)cc1. The highest BCUT2D eigenvalue weighted by Crippen LogP contribution is 2.43. The van der Waals surface area contributed by atoms with E-state index in [9.17, 15) is 0 Å². The third-order valence-electron chi connectivity index (χ3n) is 10.5. The number of rotatable bonds is 5. The van der Waals surface area contributed by atoms with Crippen molar-refractivity contribution in [1.82, 2.24) is 14.1 Å². The number of imidazole rings is 1. The Balaban J connectivity index is 1.17. The average Bonchev–Trinajstić information content (AvgIpc) is 3.91. The highest BCUT2D eigenvalue weighted by atomic mass is 16.3. The molecule has 0 aliphatic heterocycles. The number of hydrogen-bond acceptors (Lipinski definition) is 2. The fraction of sp³-hybridized carbons (Fsp3) is 0. The zero-order chi connectivity index (χ0) is 34.9. The smallest absolute Gasteiger partial charge is 0.145 e. The van der Waals surface area contributed by atoms with Crippen molar-refractivity contribution in [2.75, 3.05) is 0 Å². The van der Waals surface area contributed by atoms with E-state index in [2.05, 4.69) is 185 Å². The molecule has 0 aliphatic rings. The Kier molecular flexibility index (Phi) is 6.52. The summed E-state index contributed by atoms with van der Waals surface area (Å²) in [6.07, 6.45) is 0. The summed E-state index contributed by atoms with van der Waals surface area (Å²) in [5.74, 6) is 0.912. The van der Waals surface area contributed by atoms with Crippen molar-refractivity contribution in [2.45, 2.75) is 0 Å². The Hall–Kier alpha value is -7.17. The maximum Gasteiger partial charge on any atom is 0.145 e. The first kappa shape index (κ1) is 29.5. The number of nitrogens with zero attached hydrogens (tertiary/aromatic N) is 3. The van der Waals surface area contributed by atoms with E-state index in [-0.39, 0.29) is 0 Å². The maximum absolute atomic E-state index is 6.57. The molecule has 4 heteroatoms. The molecule has 3 aromatic heterocycles. The molecule has 0 spiro atoms. The summed E-state index contributed by atoms with van der Waals surface area (Å²) >= 11 is 0. The molecule has 0 saturated carbocycles. The third kappa shape index (κ3) is 4.66. The van der Waals surface area contributed by atoms with Crippen LogP contribution in [0.25, 0.3) is 99.8 Å². The zero-order valence-electron chi connectivity index (χ0n) is 28.6. The van der Waals surface area contributed by atoms with Crippen molar-refractivity contribution in [3.8, 4) is 45.0 Å². The average molecular weight is 678 g/mol. The molecule has 248 valence electrons. The summed E-state index contributed by atoms with van der Waals surface area (Å²) in [5, 5.41) is 4.61. The summed E-state index contributed by atoms with van der Waals surface area (Å²) < 4.78 is 11.2. The van der Waals surface area contributed by atoms with Crippen LogP contribution >= 0.6 is 0 Å². The molecule has 3 heterocycles. The van der Waals surface area contributed by atoms with E-state index < -0.39 is 0 Å². The van der Waals surface area contributed by atoms with Crippen LogP contribution in [0.3, 0.4) is 0 Å². The van der Waals surface area contributed by atoms with Gasteiger partial charge in [0.15, 0.2) is 0 Å². The lowest BCUT2D eigenvalue weighted by molar-refractivity contribution is 0.669. The lowest BCUT2D eigenvalue weighted by atomic mass is 10.0. The molecule has 0 amide bonds. The van der Waals surface area contributed by atoms with Crippen LogP contribution in [-0.2, 0) is 0 Å².